The quantitative estimate of drug-likeness (QED) is 0.713. The number of pyridine rings is 1. The van der Waals surface area contributed by atoms with E-state index in [4.69, 9.17) is 5.11 Å². The van der Waals surface area contributed by atoms with E-state index in [1.807, 2.05) is 0 Å². The highest BCUT2D eigenvalue weighted by atomic mass is 16.5. The summed E-state index contributed by atoms with van der Waals surface area (Å²) >= 11 is 0. The molecule has 1 aromatic heterocycles. The predicted molar refractivity (Wildman–Crippen MR) is 64.4 cm³/mol. The molecule has 0 saturated heterocycles. The maximum atomic E-state index is 11.8. The summed E-state index contributed by atoms with van der Waals surface area (Å²) in [6.07, 6.45) is 2.75. The Hall–Kier alpha value is -2.44. The van der Waals surface area contributed by atoms with E-state index in [1.54, 1.807) is 0 Å². The lowest BCUT2D eigenvalue weighted by Gasteiger charge is -2.13. The number of rotatable bonds is 6. The molecule has 0 aliphatic heterocycles. The van der Waals surface area contributed by atoms with Crippen LogP contribution in [0.3, 0.4) is 0 Å². The van der Waals surface area contributed by atoms with Crippen molar-refractivity contribution in [3.8, 4) is 0 Å². The smallest absolute Gasteiger partial charge is 0.326 e. The number of hydrogen-bond donors (Lipinski definition) is 2. The van der Waals surface area contributed by atoms with E-state index in [1.165, 1.54) is 31.6 Å². The van der Waals surface area contributed by atoms with Crippen LogP contribution in [0.5, 0.6) is 0 Å². The molecule has 0 radical (unpaired) electrons. The first-order valence-electron chi connectivity index (χ1n) is 5.55. The third kappa shape index (κ3) is 4.74. The Labute approximate surface area is 109 Å². The topological polar surface area (TPSA) is 106 Å². The molecule has 0 spiro atoms. The van der Waals surface area contributed by atoms with Crippen LogP contribution in [0.1, 0.15) is 23.2 Å². The highest BCUT2D eigenvalue weighted by Crippen LogP contribution is 2.03. The molecule has 0 aliphatic rings. The van der Waals surface area contributed by atoms with Crippen LogP contribution < -0.4 is 5.32 Å². The first-order chi connectivity index (χ1) is 9.04. The highest BCUT2D eigenvalue weighted by Gasteiger charge is 2.21. The summed E-state index contributed by atoms with van der Waals surface area (Å²) in [7, 11) is 1.22. The van der Waals surface area contributed by atoms with Crippen LogP contribution in [0.4, 0.5) is 0 Å². The Kier molecular flexibility index (Phi) is 5.46. The van der Waals surface area contributed by atoms with Crippen molar-refractivity contribution >= 4 is 17.8 Å². The van der Waals surface area contributed by atoms with Crippen molar-refractivity contribution in [1.29, 1.82) is 0 Å². The Morgan fingerprint density at radius 1 is 1.37 bits per heavy atom. The van der Waals surface area contributed by atoms with Gasteiger partial charge in [0.05, 0.1) is 7.11 Å². The number of nitrogens with zero attached hydrogens (tertiary/aromatic N) is 1. The van der Waals surface area contributed by atoms with Crippen LogP contribution in [-0.2, 0) is 14.3 Å². The first-order valence-corrected chi connectivity index (χ1v) is 5.55. The van der Waals surface area contributed by atoms with Gasteiger partial charge in [-0.2, -0.15) is 0 Å². The van der Waals surface area contributed by atoms with Crippen molar-refractivity contribution in [3.63, 3.8) is 0 Å². The van der Waals surface area contributed by atoms with Crippen molar-refractivity contribution in [2.75, 3.05) is 7.11 Å². The lowest BCUT2D eigenvalue weighted by Crippen LogP contribution is -2.41. The highest BCUT2D eigenvalue weighted by molar-refractivity contribution is 5.96. The van der Waals surface area contributed by atoms with E-state index in [9.17, 15) is 14.4 Å². The lowest BCUT2D eigenvalue weighted by molar-refractivity contribution is -0.142. The molecule has 7 nitrogen and oxygen atoms in total. The zero-order valence-corrected chi connectivity index (χ0v) is 10.3. The summed E-state index contributed by atoms with van der Waals surface area (Å²) in [4.78, 5) is 37.5. The van der Waals surface area contributed by atoms with Gasteiger partial charge in [-0.15, -0.1) is 0 Å². The van der Waals surface area contributed by atoms with E-state index < -0.39 is 23.9 Å². The molecule has 0 bridgehead atoms. The predicted octanol–water partition coefficient (Wildman–Crippen LogP) is 0.218. The Morgan fingerprint density at radius 2 is 2.00 bits per heavy atom. The van der Waals surface area contributed by atoms with Crippen molar-refractivity contribution in [2.24, 2.45) is 0 Å². The summed E-state index contributed by atoms with van der Waals surface area (Å²) in [5.74, 6) is -2.25. The van der Waals surface area contributed by atoms with E-state index in [-0.39, 0.29) is 12.8 Å². The number of nitrogens with one attached hydrogen (secondary N) is 1. The van der Waals surface area contributed by atoms with Gasteiger partial charge in [-0.3, -0.25) is 14.6 Å². The summed E-state index contributed by atoms with van der Waals surface area (Å²) in [6, 6.07) is 1.79. The van der Waals surface area contributed by atoms with Gasteiger partial charge in [0.2, 0.25) is 0 Å². The molecule has 19 heavy (non-hydrogen) atoms. The zero-order valence-electron chi connectivity index (χ0n) is 10.3. The second-order valence-corrected chi connectivity index (χ2v) is 3.71. The number of aromatic nitrogens is 1. The van der Waals surface area contributed by atoms with Gasteiger partial charge in [-0.05, 0) is 18.6 Å². The molecule has 0 saturated carbocycles. The lowest BCUT2D eigenvalue weighted by atomic mass is 10.1. The van der Waals surface area contributed by atoms with Gasteiger partial charge in [0.15, 0.2) is 0 Å². The second-order valence-electron chi connectivity index (χ2n) is 3.71. The molecule has 2 N–H and O–H groups in total. The van der Waals surface area contributed by atoms with E-state index >= 15 is 0 Å². The van der Waals surface area contributed by atoms with Gasteiger partial charge in [0.25, 0.3) is 5.91 Å². The summed E-state index contributed by atoms with van der Waals surface area (Å²) in [5.41, 5.74) is 0.305. The van der Waals surface area contributed by atoms with Crippen LogP contribution in [0.15, 0.2) is 24.5 Å². The number of hydrogen-bond acceptors (Lipinski definition) is 5. The second kappa shape index (κ2) is 7.10. The minimum absolute atomic E-state index is 0.0289. The number of carboxylic acids is 1. The van der Waals surface area contributed by atoms with Crippen LogP contribution in [0.25, 0.3) is 0 Å². The number of ether oxygens (including phenoxy) is 1. The molecule has 102 valence electrons. The van der Waals surface area contributed by atoms with Crippen LogP contribution in [0, 0.1) is 0 Å². The molecule has 7 heteroatoms. The summed E-state index contributed by atoms with van der Waals surface area (Å²) in [5, 5.41) is 11.3. The van der Waals surface area contributed by atoms with Gasteiger partial charge >= 0.3 is 11.9 Å². The Balaban J connectivity index is 2.61. The Bertz CT molecular complexity index is 460. The average Bonchev–Trinajstić information content (AvgIpc) is 2.43. The number of carbonyl (C=O) groups excluding carboxylic acids is 2. The normalized spacial score (nSPS) is 11.4. The molecular formula is C12H14N2O5. The third-order valence-corrected chi connectivity index (χ3v) is 2.41. The molecule has 1 aromatic rings. The molecule has 1 rings (SSSR count). The molecule has 1 atom stereocenters. The van der Waals surface area contributed by atoms with Crippen LogP contribution in [0.2, 0.25) is 0 Å². The maximum Gasteiger partial charge on any atom is 0.326 e. The fourth-order valence-corrected chi connectivity index (χ4v) is 1.37. The van der Waals surface area contributed by atoms with Gasteiger partial charge in [0.1, 0.15) is 6.04 Å². The van der Waals surface area contributed by atoms with Crippen molar-refractivity contribution in [3.05, 3.63) is 30.1 Å². The van der Waals surface area contributed by atoms with Gasteiger partial charge in [-0.25, -0.2) is 4.79 Å². The molecule has 0 aliphatic carbocycles. The summed E-state index contributed by atoms with van der Waals surface area (Å²) < 4.78 is 4.42. The number of aliphatic carboxylic acids is 1. The van der Waals surface area contributed by atoms with E-state index in [2.05, 4.69) is 15.0 Å². The molecule has 1 heterocycles. The molecule has 0 unspecified atom stereocenters. The zero-order chi connectivity index (χ0) is 14.3. The van der Waals surface area contributed by atoms with Crippen LogP contribution in [-0.4, -0.2) is 41.1 Å². The first kappa shape index (κ1) is 14.6. The molecular weight excluding hydrogens is 252 g/mol. The SMILES string of the molecule is COC(=O)CC[C@H](NC(=O)c1ccncc1)C(=O)O. The minimum Gasteiger partial charge on any atom is -0.480 e. The van der Waals surface area contributed by atoms with Crippen molar-refractivity contribution in [2.45, 2.75) is 18.9 Å². The van der Waals surface area contributed by atoms with Crippen molar-refractivity contribution < 1.29 is 24.2 Å². The number of carbonyl (C=O) groups is 3. The number of esters is 1. The minimum atomic E-state index is -1.20. The van der Waals surface area contributed by atoms with Crippen LogP contribution >= 0.6 is 0 Å². The van der Waals surface area contributed by atoms with Gasteiger partial charge < -0.3 is 15.2 Å². The monoisotopic (exact) mass is 266 g/mol. The van der Waals surface area contributed by atoms with Crippen molar-refractivity contribution in [1.82, 2.24) is 10.3 Å². The fourth-order valence-electron chi connectivity index (χ4n) is 1.37. The standard InChI is InChI=1S/C12H14N2O5/c1-19-10(15)3-2-9(12(17)18)14-11(16)8-4-6-13-7-5-8/h4-7,9H,2-3H2,1H3,(H,14,16)(H,17,18)/t9-/m0/s1. The van der Waals surface area contributed by atoms with Gasteiger partial charge in [-0.1, -0.05) is 0 Å². The Morgan fingerprint density at radius 3 is 2.53 bits per heavy atom. The number of carboxylic acid groups (broad SMARTS) is 1. The molecule has 0 aromatic carbocycles. The van der Waals surface area contributed by atoms with E-state index in [0.29, 0.717) is 5.56 Å². The maximum absolute atomic E-state index is 11.8. The molecule has 0 fully saturated rings. The largest absolute Gasteiger partial charge is 0.480 e. The summed E-state index contributed by atoms with van der Waals surface area (Å²) in [6.45, 7) is 0. The van der Waals surface area contributed by atoms with Gasteiger partial charge in [0, 0.05) is 24.4 Å². The average molecular weight is 266 g/mol. The van der Waals surface area contributed by atoms with E-state index in [0.717, 1.165) is 0 Å². The number of amides is 1. The number of methoxy groups -OCH3 is 1. The fraction of sp³-hybridized carbons (Fsp3) is 0.333. The third-order valence-electron chi connectivity index (χ3n) is 2.41. The molecule has 1 amide bonds.